The Labute approximate surface area is 182 Å². The van der Waals surface area contributed by atoms with Gasteiger partial charge in [0.05, 0.1) is 17.1 Å². The molecule has 1 atom stereocenters. The van der Waals surface area contributed by atoms with Gasteiger partial charge in [0.2, 0.25) is 0 Å². The van der Waals surface area contributed by atoms with E-state index in [9.17, 15) is 0 Å². The quantitative estimate of drug-likeness (QED) is 0.536. The van der Waals surface area contributed by atoms with Crippen molar-refractivity contribution in [3.8, 4) is 0 Å². The van der Waals surface area contributed by atoms with Crippen molar-refractivity contribution in [2.75, 3.05) is 49.7 Å². The second kappa shape index (κ2) is 9.71. The van der Waals surface area contributed by atoms with Crippen molar-refractivity contribution in [2.45, 2.75) is 33.1 Å². The highest BCUT2D eigenvalue weighted by Crippen LogP contribution is 2.31. The fourth-order valence-electron chi connectivity index (χ4n) is 4.32. The number of piperidine rings is 1. The van der Waals surface area contributed by atoms with Crippen LogP contribution in [0, 0.1) is 12.8 Å². The molecule has 7 heteroatoms. The maximum Gasteiger partial charge on any atom is 0.139 e. The van der Waals surface area contributed by atoms with Crippen molar-refractivity contribution < 1.29 is 4.74 Å². The Morgan fingerprint density at radius 3 is 2.97 bits per heavy atom. The van der Waals surface area contributed by atoms with E-state index in [4.69, 9.17) is 4.74 Å². The average molecular weight is 426 g/mol. The van der Waals surface area contributed by atoms with E-state index in [0.29, 0.717) is 12.5 Å². The van der Waals surface area contributed by atoms with Gasteiger partial charge in [0.15, 0.2) is 0 Å². The minimum atomic E-state index is 0.623. The van der Waals surface area contributed by atoms with Crippen molar-refractivity contribution in [3.63, 3.8) is 0 Å². The van der Waals surface area contributed by atoms with Gasteiger partial charge in [0.25, 0.3) is 0 Å². The Bertz CT molecular complexity index is 975. The third kappa shape index (κ3) is 4.73. The highest BCUT2D eigenvalue weighted by Gasteiger charge is 2.23. The van der Waals surface area contributed by atoms with Gasteiger partial charge in [-0.1, -0.05) is 0 Å². The van der Waals surface area contributed by atoms with E-state index >= 15 is 0 Å². The van der Waals surface area contributed by atoms with E-state index in [0.717, 1.165) is 55.0 Å². The topological polar surface area (TPSA) is 54.4 Å². The summed E-state index contributed by atoms with van der Waals surface area (Å²) in [5.74, 6) is 1.68. The van der Waals surface area contributed by atoms with Crippen molar-refractivity contribution in [1.82, 2.24) is 15.0 Å². The van der Waals surface area contributed by atoms with Crippen LogP contribution in [-0.4, -0.2) is 54.8 Å². The summed E-state index contributed by atoms with van der Waals surface area (Å²) in [6, 6.07) is 6.55. The van der Waals surface area contributed by atoms with Gasteiger partial charge < -0.3 is 14.5 Å². The number of methoxy groups -OCH3 is 1. The first-order valence-electron chi connectivity index (χ1n) is 10.8. The molecule has 0 radical (unpaired) electrons. The lowest BCUT2D eigenvalue weighted by atomic mass is 9.95. The van der Waals surface area contributed by atoms with Gasteiger partial charge in [-0.3, -0.25) is 0 Å². The molecule has 0 bridgehead atoms. The van der Waals surface area contributed by atoms with Gasteiger partial charge in [-0.15, -0.1) is 11.3 Å². The summed E-state index contributed by atoms with van der Waals surface area (Å²) in [4.78, 5) is 18.7. The lowest BCUT2D eigenvalue weighted by Gasteiger charge is -2.34. The van der Waals surface area contributed by atoms with Crippen molar-refractivity contribution in [3.05, 3.63) is 40.6 Å². The molecular weight excluding hydrogens is 394 g/mol. The molecule has 1 fully saturated rings. The van der Waals surface area contributed by atoms with Crippen LogP contribution in [0.3, 0.4) is 0 Å². The smallest absolute Gasteiger partial charge is 0.139 e. The molecule has 1 aromatic carbocycles. The Balaban J connectivity index is 1.54. The van der Waals surface area contributed by atoms with Crippen LogP contribution in [0.15, 0.2) is 29.9 Å². The van der Waals surface area contributed by atoms with E-state index < -0.39 is 0 Å². The number of hydrogen-bond donors (Lipinski definition) is 0. The lowest BCUT2D eigenvalue weighted by Crippen LogP contribution is -2.37. The largest absolute Gasteiger partial charge is 0.383 e. The first kappa shape index (κ1) is 21.0. The monoisotopic (exact) mass is 425 g/mol. The zero-order valence-electron chi connectivity index (χ0n) is 18.2. The molecule has 0 amide bonds. The van der Waals surface area contributed by atoms with Gasteiger partial charge >= 0.3 is 0 Å². The Morgan fingerprint density at radius 2 is 2.20 bits per heavy atom. The van der Waals surface area contributed by atoms with Gasteiger partial charge in [-0.2, -0.15) is 0 Å². The highest BCUT2D eigenvalue weighted by atomic mass is 32.1. The molecule has 0 aliphatic carbocycles. The number of aromatic nitrogens is 3. The van der Waals surface area contributed by atoms with E-state index in [-0.39, 0.29) is 0 Å². The van der Waals surface area contributed by atoms with Crippen LogP contribution >= 0.6 is 11.3 Å². The van der Waals surface area contributed by atoms with E-state index in [1.807, 2.05) is 0 Å². The lowest BCUT2D eigenvalue weighted by molar-refractivity contribution is 0.205. The van der Waals surface area contributed by atoms with E-state index in [1.54, 1.807) is 24.8 Å². The highest BCUT2D eigenvalue weighted by molar-refractivity contribution is 7.09. The minimum Gasteiger partial charge on any atom is -0.383 e. The minimum absolute atomic E-state index is 0.623. The van der Waals surface area contributed by atoms with Gasteiger partial charge in [-0.05, 0) is 50.8 Å². The van der Waals surface area contributed by atoms with Gasteiger partial charge in [-0.25, -0.2) is 15.0 Å². The SMILES string of the molecule is CCN(CCOC)c1ccc2c(N3CCCC(Cc4nc(C)cs4)C3)ncnc2c1. The third-order valence-corrected chi connectivity index (χ3v) is 6.85. The molecule has 3 heterocycles. The van der Waals surface area contributed by atoms with Gasteiger partial charge in [0, 0.05) is 61.9 Å². The number of benzene rings is 1. The molecule has 30 heavy (non-hydrogen) atoms. The molecule has 1 aliphatic heterocycles. The fourth-order valence-corrected chi connectivity index (χ4v) is 5.21. The maximum atomic E-state index is 5.26. The molecule has 0 spiro atoms. The summed E-state index contributed by atoms with van der Waals surface area (Å²) in [5, 5.41) is 4.54. The average Bonchev–Trinajstić information content (AvgIpc) is 3.18. The van der Waals surface area contributed by atoms with Crippen LogP contribution in [-0.2, 0) is 11.2 Å². The molecule has 3 aromatic rings. The molecule has 2 aromatic heterocycles. The summed E-state index contributed by atoms with van der Waals surface area (Å²) >= 11 is 1.79. The standard InChI is InChI=1S/C23H31N5OS/c1-4-27(10-11-29-3)19-7-8-20-21(13-19)24-16-25-23(20)28-9-5-6-18(14-28)12-22-26-17(2)15-30-22/h7-8,13,15-16,18H,4-6,9-12,14H2,1-3H3. The number of likely N-dealkylation sites (N-methyl/N-ethyl adjacent to an activating group) is 1. The Morgan fingerprint density at radius 1 is 1.30 bits per heavy atom. The molecule has 160 valence electrons. The Hall–Kier alpha value is -2.25. The first-order valence-corrected chi connectivity index (χ1v) is 11.7. The number of aryl methyl sites for hydroxylation is 1. The van der Waals surface area contributed by atoms with E-state index in [2.05, 4.69) is 62.2 Å². The fraction of sp³-hybridized carbons (Fsp3) is 0.522. The third-order valence-electron chi connectivity index (χ3n) is 5.86. The predicted molar refractivity (Wildman–Crippen MR) is 125 cm³/mol. The molecule has 0 saturated carbocycles. The molecule has 6 nitrogen and oxygen atoms in total. The molecule has 1 unspecified atom stereocenters. The Kier molecular flexibility index (Phi) is 6.79. The van der Waals surface area contributed by atoms with E-state index in [1.165, 1.54) is 23.5 Å². The zero-order valence-corrected chi connectivity index (χ0v) is 19.0. The number of hydrogen-bond acceptors (Lipinski definition) is 7. The van der Waals surface area contributed by atoms with Crippen LogP contribution in [0.2, 0.25) is 0 Å². The van der Waals surface area contributed by atoms with Crippen molar-refractivity contribution in [2.24, 2.45) is 5.92 Å². The molecule has 1 saturated heterocycles. The van der Waals surface area contributed by atoms with Gasteiger partial charge in [0.1, 0.15) is 12.1 Å². The summed E-state index contributed by atoms with van der Waals surface area (Å²) < 4.78 is 5.26. The van der Waals surface area contributed by atoms with Crippen LogP contribution in [0.25, 0.3) is 10.9 Å². The van der Waals surface area contributed by atoms with Crippen LogP contribution < -0.4 is 9.80 Å². The predicted octanol–water partition coefficient (Wildman–Crippen LogP) is 4.33. The number of thiazole rings is 1. The molecule has 0 N–H and O–H groups in total. The number of anilines is 2. The number of nitrogens with zero attached hydrogens (tertiary/aromatic N) is 5. The van der Waals surface area contributed by atoms with Crippen LogP contribution in [0.4, 0.5) is 11.5 Å². The van der Waals surface area contributed by atoms with Crippen LogP contribution in [0.5, 0.6) is 0 Å². The first-order chi connectivity index (χ1) is 14.7. The summed E-state index contributed by atoms with van der Waals surface area (Å²) in [6.07, 6.45) is 5.22. The number of rotatable bonds is 8. The number of fused-ring (bicyclic) bond motifs is 1. The zero-order chi connectivity index (χ0) is 20.9. The molecular formula is C23H31N5OS. The summed E-state index contributed by atoms with van der Waals surface area (Å²) in [5.41, 5.74) is 3.32. The van der Waals surface area contributed by atoms with Crippen molar-refractivity contribution in [1.29, 1.82) is 0 Å². The second-order valence-corrected chi connectivity index (χ2v) is 8.95. The summed E-state index contributed by atoms with van der Waals surface area (Å²) in [6.45, 7) is 8.86. The summed E-state index contributed by atoms with van der Waals surface area (Å²) in [7, 11) is 1.75. The number of ether oxygens (including phenoxy) is 1. The normalized spacial score (nSPS) is 16.9. The maximum absolute atomic E-state index is 5.26. The molecule has 1 aliphatic rings. The van der Waals surface area contributed by atoms with Crippen LogP contribution in [0.1, 0.15) is 30.5 Å². The second-order valence-electron chi connectivity index (χ2n) is 8.01. The van der Waals surface area contributed by atoms with Crippen molar-refractivity contribution >= 4 is 33.7 Å². The molecule has 4 rings (SSSR count).